The highest BCUT2D eigenvalue weighted by atomic mass is 16.4. The van der Waals surface area contributed by atoms with Crippen molar-refractivity contribution in [3.05, 3.63) is 53.9 Å². The number of hydrogen-bond acceptors (Lipinski definition) is 2. The van der Waals surface area contributed by atoms with Crippen LogP contribution in [0.4, 0.5) is 5.69 Å². The third-order valence-corrected chi connectivity index (χ3v) is 2.65. The largest absolute Gasteiger partial charge is 0.480 e. The van der Waals surface area contributed by atoms with Crippen LogP contribution in [-0.4, -0.2) is 21.6 Å². The molecule has 5 heteroatoms. The van der Waals surface area contributed by atoms with E-state index in [-0.39, 0.29) is 18.1 Å². The number of nitrogens with zero attached hydrogens (tertiary/aromatic N) is 1. The van der Waals surface area contributed by atoms with E-state index in [4.69, 9.17) is 11.5 Å². The van der Waals surface area contributed by atoms with Gasteiger partial charge in [-0.05, 0) is 30.3 Å². The standard InChI is InChI=1S/C15H12N2O3/c1-2-11-5-3-6-12(9-11)16-15(20)13-7-4-8-17(13)10-14(18)19/h1,3-9H,10H2,(H,16,20)(H,18,19). The zero-order valence-electron chi connectivity index (χ0n) is 10.5. The molecule has 0 unspecified atom stereocenters. The topological polar surface area (TPSA) is 71.3 Å². The summed E-state index contributed by atoms with van der Waals surface area (Å²) in [4.78, 5) is 22.8. The van der Waals surface area contributed by atoms with Crippen LogP contribution in [-0.2, 0) is 11.3 Å². The van der Waals surface area contributed by atoms with Crippen LogP contribution in [0.15, 0.2) is 42.6 Å². The number of aromatic nitrogens is 1. The molecule has 1 aromatic carbocycles. The van der Waals surface area contributed by atoms with Gasteiger partial charge in [-0.15, -0.1) is 6.42 Å². The highest BCUT2D eigenvalue weighted by Crippen LogP contribution is 2.12. The molecule has 0 saturated heterocycles. The first-order valence-electron chi connectivity index (χ1n) is 5.85. The van der Waals surface area contributed by atoms with Gasteiger partial charge in [0.1, 0.15) is 12.2 Å². The molecule has 0 fully saturated rings. The monoisotopic (exact) mass is 268 g/mol. The lowest BCUT2D eigenvalue weighted by molar-refractivity contribution is -0.137. The van der Waals surface area contributed by atoms with E-state index in [9.17, 15) is 9.59 Å². The second-order valence-corrected chi connectivity index (χ2v) is 4.09. The van der Waals surface area contributed by atoms with E-state index in [1.165, 1.54) is 4.57 Å². The molecule has 0 bridgehead atoms. The molecular weight excluding hydrogens is 256 g/mol. The Balaban J connectivity index is 2.18. The summed E-state index contributed by atoms with van der Waals surface area (Å²) in [7, 11) is 0. The molecule has 2 N–H and O–H groups in total. The minimum absolute atomic E-state index is 0.264. The molecule has 0 aliphatic heterocycles. The van der Waals surface area contributed by atoms with Crippen LogP contribution in [0.1, 0.15) is 16.1 Å². The molecule has 0 saturated carbocycles. The number of benzene rings is 1. The zero-order chi connectivity index (χ0) is 14.5. The van der Waals surface area contributed by atoms with Crippen molar-refractivity contribution in [2.24, 2.45) is 0 Å². The quantitative estimate of drug-likeness (QED) is 0.831. The van der Waals surface area contributed by atoms with Gasteiger partial charge in [0.05, 0.1) is 0 Å². The van der Waals surface area contributed by atoms with Crippen LogP contribution in [0.25, 0.3) is 0 Å². The van der Waals surface area contributed by atoms with E-state index in [0.29, 0.717) is 11.3 Å². The fourth-order valence-electron chi connectivity index (χ4n) is 1.79. The lowest BCUT2D eigenvalue weighted by Gasteiger charge is -2.08. The van der Waals surface area contributed by atoms with Gasteiger partial charge in [0.2, 0.25) is 0 Å². The van der Waals surface area contributed by atoms with Crippen molar-refractivity contribution in [2.45, 2.75) is 6.54 Å². The molecule has 0 radical (unpaired) electrons. The van der Waals surface area contributed by atoms with Crippen LogP contribution in [0.3, 0.4) is 0 Å². The predicted molar refractivity (Wildman–Crippen MR) is 74.4 cm³/mol. The van der Waals surface area contributed by atoms with Crippen molar-refractivity contribution in [3.63, 3.8) is 0 Å². The average Bonchev–Trinajstić information content (AvgIpc) is 2.86. The summed E-state index contributed by atoms with van der Waals surface area (Å²) in [6.45, 7) is -0.264. The summed E-state index contributed by atoms with van der Waals surface area (Å²) in [6.07, 6.45) is 6.83. The van der Waals surface area contributed by atoms with E-state index < -0.39 is 5.97 Å². The molecule has 1 aromatic heterocycles. The Morgan fingerprint density at radius 3 is 2.80 bits per heavy atom. The van der Waals surface area contributed by atoms with Crippen molar-refractivity contribution >= 4 is 17.6 Å². The summed E-state index contributed by atoms with van der Waals surface area (Å²) in [5, 5.41) is 11.5. The van der Waals surface area contributed by atoms with Gasteiger partial charge in [-0.25, -0.2) is 0 Å². The lowest BCUT2D eigenvalue weighted by atomic mass is 10.2. The number of hydrogen-bond donors (Lipinski definition) is 2. The Kier molecular flexibility index (Phi) is 3.87. The van der Waals surface area contributed by atoms with Crippen LogP contribution in [0, 0.1) is 12.3 Å². The van der Waals surface area contributed by atoms with Gasteiger partial charge < -0.3 is 15.0 Å². The van der Waals surface area contributed by atoms with Crippen LogP contribution in [0.5, 0.6) is 0 Å². The molecule has 20 heavy (non-hydrogen) atoms. The molecule has 0 atom stereocenters. The lowest BCUT2D eigenvalue weighted by Crippen LogP contribution is -2.19. The minimum atomic E-state index is -1.01. The van der Waals surface area contributed by atoms with Crippen molar-refractivity contribution in [2.75, 3.05) is 5.32 Å². The summed E-state index contributed by atoms with van der Waals surface area (Å²) in [5.74, 6) is 1.09. The van der Waals surface area contributed by atoms with E-state index in [0.717, 1.165) is 0 Å². The number of carboxylic acids is 1. The first-order valence-corrected chi connectivity index (χ1v) is 5.85. The number of aliphatic carboxylic acids is 1. The maximum Gasteiger partial charge on any atom is 0.323 e. The third-order valence-electron chi connectivity index (χ3n) is 2.65. The summed E-state index contributed by atoms with van der Waals surface area (Å²) in [5.41, 5.74) is 1.50. The van der Waals surface area contributed by atoms with Crippen molar-refractivity contribution in [1.82, 2.24) is 4.57 Å². The van der Waals surface area contributed by atoms with Crippen LogP contribution < -0.4 is 5.32 Å². The highest BCUT2D eigenvalue weighted by molar-refractivity contribution is 6.03. The van der Waals surface area contributed by atoms with Gasteiger partial charge in [-0.1, -0.05) is 12.0 Å². The normalized spacial score (nSPS) is 9.75. The van der Waals surface area contributed by atoms with Gasteiger partial charge in [0, 0.05) is 17.4 Å². The maximum atomic E-state index is 12.1. The van der Waals surface area contributed by atoms with Crippen molar-refractivity contribution < 1.29 is 14.7 Å². The van der Waals surface area contributed by atoms with Gasteiger partial charge in [-0.3, -0.25) is 9.59 Å². The summed E-state index contributed by atoms with van der Waals surface area (Å²) < 4.78 is 1.36. The number of rotatable bonds is 4. The Bertz CT molecular complexity index is 695. The molecule has 0 aliphatic carbocycles. The highest BCUT2D eigenvalue weighted by Gasteiger charge is 2.12. The Morgan fingerprint density at radius 2 is 2.10 bits per heavy atom. The van der Waals surface area contributed by atoms with E-state index in [1.54, 1.807) is 42.6 Å². The number of amides is 1. The number of carbonyl (C=O) groups excluding carboxylic acids is 1. The fraction of sp³-hybridized carbons (Fsp3) is 0.0667. The number of carbonyl (C=O) groups is 2. The van der Waals surface area contributed by atoms with Gasteiger partial charge >= 0.3 is 5.97 Å². The third kappa shape index (κ3) is 3.06. The number of terminal acetylenes is 1. The summed E-state index contributed by atoms with van der Waals surface area (Å²) >= 11 is 0. The van der Waals surface area contributed by atoms with Crippen LogP contribution in [0.2, 0.25) is 0 Å². The van der Waals surface area contributed by atoms with E-state index in [1.807, 2.05) is 0 Å². The van der Waals surface area contributed by atoms with Gasteiger partial charge in [0.15, 0.2) is 0 Å². The van der Waals surface area contributed by atoms with Gasteiger partial charge in [0.25, 0.3) is 5.91 Å². The minimum Gasteiger partial charge on any atom is -0.480 e. The fourth-order valence-corrected chi connectivity index (χ4v) is 1.79. The smallest absolute Gasteiger partial charge is 0.323 e. The molecule has 0 aliphatic rings. The second-order valence-electron chi connectivity index (χ2n) is 4.09. The van der Waals surface area contributed by atoms with Crippen LogP contribution >= 0.6 is 0 Å². The first-order chi connectivity index (χ1) is 9.60. The Hall–Kier alpha value is -3.00. The van der Waals surface area contributed by atoms with Gasteiger partial charge in [-0.2, -0.15) is 0 Å². The molecule has 100 valence electrons. The number of anilines is 1. The predicted octanol–water partition coefficient (Wildman–Crippen LogP) is 1.81. The average molecular weight is 268 g/mol. The Morgan fingerprint density at radius 1 is 1.30 bits per heavy atom. The van der Waals surface area contributed by atoms with Crippen molar-refractivity contribution in [3.8, 4) is 12.3 Å². The zero-order valence-corrected chi connectivity index (χ0v) is 10.5. The number of nitrogens with one attached hydrogen (secondary N) is 1. The molecule has 1 amide bonds. The SMILES string of the molecule is C#Cc1cccc(NC(=O)c2cccn2CC(=O)O)c1. The molecular formula is C15H12N2O3. The number of carboxylic acid groups (broad SMARTS) is 1. The molecule has 2 aromatic rings. The molecule has 5 nitrogen and oxygen atoms in total. The van der Waals surface area contributed by atoms with Crippen molar-refractivity contribution in [1.29, 1.82) is 0 Å². The summed E-state index contributed by atoms with van der Waals surface area (Å²) in [6, 6.07) is 10.1. The molecule has 1 heterocycles. The molecule has 0 spiro atoms. The Labute approximate surface area is 115 Å². The molecule has 2 rings (SSSR count). The maximum absolute atomic E-state index is 12.1. The van der Waals surface area contributed by atoms with E-state index in [2.05, 4.69) is 11.2 Å². The first kappa shape index (κ1) is 13.4. The van der Waals surface area contributed by atoms with E-state index >= 15 is 0 Å². The second kappa shape index (κ2) is 5.76.